The van der Waals surface area contributed by atoms with Crippen LogP contribution in [0, 0.1) is 11.7 Å². The third kappa shape index (κ3) is 5.95. The van der Waals surface area contributed by atoms with Crippen molar-refractivity contribution in [3.63, 3.8) is 0 Å². The van der Waals surface area contributed by atoms with E-state index in [0.717, 1.165) is 36.7 Å². The van der Waals surface area contributed by atoms with Crippen molar-refractivity contribution in [3.05, 3.63) is 65.5 Å². The van der Waals surface area contributed by atoms with Crippen molar-refractivity contribution < 1.29 is 9.18 Å². The quantitative estimate of drug-likeness (QED) is 0.633. The van der Waals surface area contributed by atoms with E-state index in [0.29, 0.717) is 12.4 Å². The smallest absolute Gasteiger partial charge is 0.243 e. The summed E-state index contributed by atoms with van der Waals surface area (Å²) in [5.74, 6) is 0.715. The van der Waals surface area contributed by atoms with E-state index in [1.54, 1.807) is 12.1 Å². The first-order valence-corrected chi connectivity index (χ1v) is 10.7. The highest BCUT2D eigenvalue weighted by Crippen LogP contribution is 2.20. The fourth-order valence-electron chi connectivity index (χ4n) is 3.86. The Morgan fingerprint density at radius 1 is 1.13 bits per heavy atom. The molecule has 1 amide bonds. The second kappa shape index (κ2) is 9.78. The molecule has 0 bridgehead atoms. The summed E-state index contributed by atoms with van der Waals surface area (Å²) in [4.78, 5) is 15.9. The molecule has 1 fully saturated rings. The second-order valence-electron chi connectivity index (χ2n) is 8.23. The van der Waals surface area contributed by atoms with Gasteiger partial charge in [0, 0.05) is 25.2 Å². The molecule has 162 valence electrons. The maximum atomic E-state index is 12.9. The highest BCUT2D eigenvalue weighted by atomic mass is 19.1. The number of hydrogen-bond acceptors (Lipinski definition) is 5. The van der Waals surface area contributed by atoms with E-state index in [4.69, 9.17) is 0 Å². The van der Waals surface area contributed by atoms with E-state index in [2.05, 4.69) is 44.7 Å². The number of tetrazole rings is 1. The zero-order valence-corrected chi connectivity index (χ0v) is 17.7. The summed E-state index contributed by atoms with van der Waals surface area (Å²) >= 11 is 0. The SMILES string of the molecule is CC1CCCN(Cc2ccc(-c3nnn(CC(=O)NCc4ccc(F)cc4)n3)cc2)C1. The van der Waals surface area contributed by atoms with Crippen molar-refractivity contribution in [2.45, 2.75) is 39.4 Å². The average Bonchev–Trinajstić information content (AvgIpc) is 3.22. The van der Waals surface area contributed by atoms with Crippen LogP contribution in [0.25, 0.3) is 11.4 Å². The number of rotatable bonds is 7. The normalized spacial score (nSPS) is 16.9. The molecule has 2 aromatic carbocycles. The van der Waals surface area contributed by atoms with Crippen molar-refractivity contribution in [2.75, 3.05) is 13.1 Å². The molecular formula is C23H27FN6O. The summed E-state index contributed by atoms with van der Waals surface area (Å²) in [5.41, 5.74) is 2.96. The van der Waals surface area contributed by atoms with Crippen molar-refractivity contribution in [3.8, 4) is 11.4 Å². The van der Waals surface area contributed by atoms with Gasteiger partial charge in [-0.2, -0.15) is 4.80 Å². The lowest BCUT2D eigenvalue weighted by Gasteiger charge is -2.30. The molecule has 1 aliphatic rings. The van der Waals surface area contributed by atoms with Gasteiger partial charge in [-0.3, -0.25) is 9.69 Å². The summed E-state index contributed by atoms with van der Waals surface area (Å²) in [6.45, 7) is 5.87. The molecule has 8 heteroatoms. The molecule has 1 unspecified atom stereocenters. The third-order valence-corrected chi connectivity index (χ3v) is 5.50. The lowest BCUT2D eigenvalue weighted by molar-refractivity contribution is -0.122. The number of carbonyl (C=O) groups excluding carboxylic acids is 1. The third-order valence-electron chi connectivity index (χ3n) is 5.50. The Hall–Kier alpha value is -3.13. The number of hydrogen-bond donors (Lipinski definition) is 1. The van der Waals surface area contributed by atoms with Gasteiger partial charge in [-0.1, -0.05) is 43.3 Å². The molecule has 0 aliphatic carbocycles. The Bertz CT molecular complexity index is 1000. The first-order valence-electron chi connectivity index (χ1n) is 10.7. The van der Waals surface area contributed by atoms with Gasteiger partial charge in [-0.15, -0.1) is 10.2 Å². The fourth-order valence-corrected chi connectivity index (χ4v) is 3.86. The van der Waals surface area contributed by atoms with Gasteiger partial charge >= 0.3 is 0 Å². The largest absolute Gasteiger partial charge is 0.350 e. The molecule has 1 atom stereocenters. The lowest BCUT2D eigenvalue weighted by Crippen LogP contribution is -2.33. The van der Waals surface area contributed by atoms with Crippen LogP contribution in [0.5, 0.6) is 0 Å². The topological polar surface area (TPSA) is 75.9 Å². The van der Waals surface area contributed by atoms with Crippen LogP contribution in [-0.4, -0.2) is 44.1 Å². The monoisotopic (exact) mass is 422 g/mol. The number of nitrogens with zero attached hydrogens (tertiary/aromatic N) is 5. The summed E-state index contributed by atoms with van der Waals surface area (Å²) in [7, 11) is 0. The molecule has 1 aliphatic heterocycles. The Morgan fingerprint density at radius 2 is 1.87 bits per heavy atom. The predicted molar refractivity (Wildman–Crippen MR) is 115 cm³/mol. The first-order chi connectivity index (χ1) is 15.0. The Kier molecular flexibility index (Phi) is 6.66. The minimum Gasteiger partial charge on any atom is -0.350 e. The standard InChI is InChI=1S/C23H27FN6O/c1-17-3-2-12-29(14-17)15-19-4-8-20(9-5-19)23-26-28-30(27-23)16-22(31)25-13-18-6-10-21(24)11-7-18/h4-11,17H,2-3,12-16H2,1H3,(H,25,31). The fraction of sp³-hybridized carbons (Fsp3) is 0.391. The van der Waals surface area contributed by atoms with Gasteiger partial charge in [-0.05, 0) is 53.8 Å². The van der Waals surface area contributed by atoms with Crippen LogP contribution in [0.3, 0.4) is 0 Å². The van der Waals surface area contributed by atoms with Crippen LogP contribution in [-0.2, 0) is 24.4 Å². The van der Waals surface area contributed by atoms with Gasteiger partial charge in [0.2, 0.25) is 11.7 Å². The molecule has 0 radical (unpaired) electrons. The summed E-state index contributed by atoms with van der Waals surface area (Å²) in [6, 6.07) is 14.2. The zero-order valence-electron chi connectivity index (χ0n) is 17.7. The number of carbonyl (C=O) groups is 1. The van der Waals surface area contributed by atoms with Crippen molar-refractivity contribution in [1.82, 2.24) is 30.4 Å². The van der Waals surface area contributed by atoms with Crippen molar-refractivity contribution in [1.29, 1.82) is 0 Å². The molecule has 0 saturated carbocycles. The van der Waals surface area contributed by atoms with Gasteiger partial charge in [0.15, 0.2) is 0 Å². The number of benzene rings is 2. The Balaban J connectivity index is 1.29. The number of nitrogens with one attached hydrogen (secondary N) is 1. The zero-order chi connectivity index (χ0) is 21.6. The molecule has 2 heterocycles. The average molecular weight is 423 g/mol. The van der Waals surface area contributed by atoms with Crippen molar-refractivity contribution in [2.24, 2.45) is 5.92 Å². The van der Waals surface area contributed by atoms with Crippen LogP contribution >= 0.6 is 0 Å². The highest BCUT2D eigenvalue weighted by molar-refractivity contribution is 5.75. The summed E-state index contributed by atoms with van der Waals surface area (Å²) < 4.78 is 12.9. The molecule has 1 N–H and O–H groups in total. The van der Waals surface area contributed by atoms with Gasteiger partial charge in [-0.25, -0.2) is 4.39 Å². The van der Waals surface area contributed by atoms with Gasteiger partial charge in [0.25, 0.3) is 0 Å². The van der Waals surface area contributed by atoms with Crippen LogP contribution in [0.4, 0.5) is 4.39 Å². The molecular weight excluding hydrogens is 395 g/mol. The van der Waals surface area contributed by atoms with Crippen molar-refractivity contribution >= 4 is 5.91 Å². The van der Waals surface area contributed by atoms with Crippen LogP contribution in [0.2, 0.25) is 0 Å². The van der Waals surface area contributed by atoms with Gasteiger partial charge < -0.3 is 5.32 Å². The molecule has 31 heavy (non-hydrogen) atoms. The predicted octanol–water partition coefficient (Wildman–Crippen LogP) is 3.03. The highest BCUT2D eigenvalue weighted by Gasteiger charge is 2.16. The molecule has 7 nitrogen and oxygen atoms in total. The van der Waals surface area contributed by atoms with Crippen LogP contribution < -0.4 is 5.32 Å². The minimum absolute atomic E-state index is 0.0284. The second-order valence-corrected chi connectivity index (χ2v) is 8.23. The molecule has 1 saturated heterocycles. The first kappa shape index (κ1) is 21.1. The lowest BCUT2D eigenvalue weighted by atomic mass is 9.99. The maximum Gasteiger partial charge on any atom is 0.243 e. The van der Waals surface area contributed by atoms with Gasteiger partial charge in [0.05, 0.1) is 0 Å². The molecule has 4 rings (SSSR count). The number of aromatic nitrogens is 4. The van der Waals surface area contributed by atoms with Crippen LogP contribution in [0.15, 0.2) is 48.5 Å². The number of amides is 1. The van der Waals surface area contributed by atoms with Crippen LogP contribution in [0.1, 0.15) is 30.9 Å². The molecule has 3 aromatic rings. The van der Waals surface area contributed by atoms with E-state index in [1.807, 2.05) is 12.1 Å². The number of piperidine rings is 1. The molecule has 1 aromatic heterocycles. The minimum atomic E-state index is -0.302. The Morgan fingerprint density at radius 3 is 2.61 bits per heavy atom. The maximum absolute atomic E-state index is 12.9. The number of likely N-dealkylation sites (tertiary alicyclic amines) is 1. The summed E-state index contributed by atoms with van der Waals surface area (Å²) in [5, 5.41) is 15.1. The van der Waals surface area contributed by atoms with E-state index >= 15 is 0 Å². The van der Waals surface area contributed by atoms with E-state index in [-0.39, 0.29) is 18.3 Å². The van der Waals surface area contributed by atoms with E-state index in [9.17, 15) is 9.18 Å². The van der Waals surface area contributed by atoms with E-state index < -0.39 is 0 Å². The molecule has 0 spiro atoms. The summed E-state index contributed by atoms with van der Waals surface area (Å²) in [6.07, 6.45) is 2.59. The van der Waals surface area contributed by atoms with Gasteiger partial charge in [0.1, 0.15) is 12.4 Å². The number of halogens is 1. The Labute approximate surface area is 181 Å². The van der Waals surface area contributed by atoms with E-state index in [1.165, 1.54) is 35.3 Å².